The molecule has 0 aliphatic carbocycles. The number of carbonyl (C=O) groups is 1. The molecule has 1 heterocycles. The van der Waals surface area contributed by atoms with Crippen molar-refractivity contribution in [1.82, 2.24) is 9.97 Å². The van der Waals surface area contributed by atoms with E-state index in [1.807, 2.05) is 0 Å². The summed E-state index contributed by atoms with van der Waals surface area (Å²) >= 11 is 5.76. The zero-order valence-electron chi connectivity index (χ0n) is 8.73. The lowest BCUT2D eigenvalue weighted by molar-refractivity contribution is 0.0983. The molecule has 2 rings (SSSR count). The second-order valence-corrected chi connectivity index (χ2v) is 3.76. The highest BCUT2D eigenvalue weighted by atomic mass is 35.5. The molecular formula is C12H8ClFN2O. The van der Waals surface area contributed by atoms with Crippen LogP contribution in [0.2, 0.25) is 5.02 Å². The summed E-state index contributed by atoms with van der Waals surface area (Å²) in [6.07, 6.45) is 2.95. The van der Waals surface area contributed by atoms with Gasteiger partial charge in [-0.15, -0.1) is 0 Å². The molecule has 0 saturated carbocycles. The van der Waals surface area contributed by atoms with Crippen LogP contribution in [0.15, 0.2) is 36.7 Å². The number of benzene rings is 1. The van der Waals surface area contributed by atoms with E-state index >= 15 is 0 Å². The summed E-state index contributed by atoms with van der Waals surface area (Å²) in [6, 6.07) is 5.98. The fourth-order valence-electron chi connectivity index (χ4n) is 1.38. The average Bonchev–Trinajstić information content (AvgIpc) is 2.36. The lowest BCUT2D eigenvalue weighted by Crippen LogP contribution is -2.08. The molecule has 0 bridgehead atoms. The molecule has 0 atom stereocenters. The third kappa shape index (κ3) is 2.65. The smallest absolute Gasteiger partial charge is 0.204 e. The van der Waals surface area contributed by atoms with Gasteiger partial charge in [-0.2, -0.15) is 0 Å². The number of nitrogens with zero attached hydrogens (tertiary/aromatic N) is 2. The Kier molecular flexibility index (Phi) is 3.44. The van der Waals surface area contributed by atoms with Crippen molar-refractivity contribution in [3.63, 3.8) is 0 Å². The van der Waals surface area contributed by atoms with Gasteiger partial charge < -0.3 is 0 Å². The third-order valence-corrected chi connectivity index (χ3v) is 2.62. The second kappa shape index (κ2) is 5.01. The van der Waals surface area contributed by atoms with Gasteiger partial charge in [-0.25, -0.2) is 14.4 Å². The Balaban J connectivity index is 2.22. The first-order valence-electron chi connectivity index (χ1n) is 4.91. The maximum Gasteiger partial charge on any atom is 0.204 e. The van der Waals surface area contributed by atoms with Crippen LogP contribution in [0.25, 0.3) is 0 Å². The van der Waals surface area contributed by atoms with E-state index in [2.05, 4.69) is 9.97 Å². The minimum atomic E-state index is -0.536. The van der Waals surface area contributed by atoms with Crippen LogP contribution in [0.1, 0.15) is 16.2 Å². The van der Waals surface area contributed by atoms with Gasteiger partial charge in [0, 0.05) is 18.8 Å². The fourth-order valence-corrected chi connectivity index (χ4v) is 1.57. The van der Waals surface area contributed by atoms with E-state index in [9.17, 15) is 9.18 Å². The third-order valence-electron chi connectivity index (χ3n) is 2.20. The van der Waals surface area contributed by atoms with Crippen molar-refractivity contribution in [2.24, 2.45) is 0 Å². The van der Waals surface area contributed by atoms with E-state index in [0.29, 0.717) is 5.56 Å². The van der Waals surface area contributed by atoms with Crippen molar-refractivity contribution in [2.75, 3.05) is 0 Å². The van der Waals surface area contributed by atoms with Crippen molar-refractivity contribution < 1.29 is 9.18 Å². The molecule has 0 unspecified atom stereocenters. The lowest BCUT2D eigenvalue weighted by Gasteiger charge is -2.03. The molecule has 0 amide bonds. The first-order chi connectivity index (χ1) is 8.18. The standard InChI is InChI=1S/C12H8ClFN2O/c13-11-8(3-1-4-9(11)14)7-10(17)12-15-5-2-6-16-12/h1-6H,7H2. The second-order valence-electron chi connectivity index (χ2n) is 3.39. The monoisotopic (exact) mass is 250 g/mol. The number of rotatable bonds is 3. The first-order valence-corrected chi connectivity index (χ1v) is 5.29. The van der Waals surface area contributed by atoms with Crippen molar-refractivity contribution in [3.05, 3.63) is 58.9 Å². The van der Waals surface area contributed by atoms with Crippen molar-refractivity contribution >= 4 is 17.4 Å². The number of ketones is 1. The summed E-state index contributed by atoms with van der Waals surface area (Å²) < 4.78 is 13.2. The fraction of sp³-hybridized carbons (Fsp3) is 0.0833. The van der Waals surface area contributed by atoms with E-state index in [4.69, 9.17) is 11.6 Å². The van der Waals surface area contributed by atoms with E-state index < -0.39 is 5.82 Å². The van der Waals surface area contributed by atoms with Crippen molar-refractivity contribution in [3.8, 4) is 0 Å². The normalized spacial score (nSPS) is 10.2. The Morgan fingerprint density at radius 3 is 2.65 bits per heavy atom. The molecule has 0 aliphatic heterocycles. The Morgan fingerprint density at radius 2 is 1.94 bits per heavy atom. The van der Waals surface area contributed by atoms with Gasteiger partial charge in [0.1, 0.15) is 5.82 Å². The maximum atomic E-state index is 13.2. The van der Waals surface area contributed by atoms with Crippen molar-refractivity contribution in [2.45, 2.75) is 6.42 Å². The van der Waals surface area contributed by atoms with Crippen LogP contribution in [-0.4, -0.2) is 15.8 Å². The molecule has 0 fully saturated rings. The first kappa shape index (κ1) is 11.7. The van der Waals surface area contributed by atoms with Crippen LogP contribution in [0.5, 0.6) is 0 Å². The molecule has 2 aromatic rings. The van der Waals surface area contributed by atoms with Crippen LogP contribution in [-0.2, 0) is 6.42 Å². The molecule has 1 aromatic heterocycles. The Morgan fingerprint density at radius 1 is 1.24 bits per heavy atom. The molecule has 3 nitrogen and oxygen atoms in total. The highest BCUT2D eigenvalue weighted by Gasteiger charge is 2.13. The molecule has 0 N–H and O–H groups in total. The van der Waals surface area contributed by atoms with Gasteiger partial charge in [-0.3, -0.25) is 4.79 Å². The maximum absolute atomic E-state index is 13.2. The SMILES string of the molecule is O=C(Cc1cccc(F)c1Cl)c1ncccn1. The molecule has 0 radical (unpaired) electrons. The highest BCUT2D eigenvalue weighted by molar-refractivity contribution is 6.31. The Hall–Kier alpha value is -1.81. The number of carbonyl (C=O) groups excluding carboxylic acids is 1. The summed E-state index contributed by atoms with van der Waals surface area (Å²) in [5.74, 6) is -0.725. The van der Waals surface area contributed by atoms with Crippen LogP contribution in [0, 0.1) is 5.82 Å². The summed E-state index contributed by atoms with van der Waals surface area (Å²) in [5, 5.41) is -0.0308. The van der Waals surface area contributed by atoms with E-state index in [0.717, 1.165) is 0 Å². The number of aromatic nitrogens is 2. The Labute approximate surface area is 102 Å². The predicted molar refractivity (Wildman–Crippen MR) is 61.5 cm³/mol. The number of hydrogen-bond donors (Lipinski definition) is 0. The van der Waals surface area contributed by atoms with Gasteiger partial charge in [0.05, 0.1) is 5.02 Å². The summed E-state index contributed by atoms with van der Waals surface area (Å²) in [5.41, 5.74) is 0.434. The molecule has 0 spiro atoms. The average molecular weight is 251 g/mol. The van der Waals surface area contributed by atoms with Gasteiger partial charge in [0.2, 0.25) is 5.78 Å². The predicted octanol–water partition coefficient (Wildman–Crippen LogP) is 2.69. The van der Waals surface area contributed by atoms with Gasteiger partial charge in [-0.1, -0.05) is 23.7 Å². The Bertz CT molecular complexity index is 545. The molecule has 0 saturated heterocycles. The zero-order valence-corrected chi connectivity index (χ0v) is 9.49. The van der Waals surface area contributed by atoms with E-state index in [1.165, 1.54) is 24.5 Å². The number of halogens is 2. The summed E-state index contributed by atoms with van der Waals surface area (Å²) in [7, 11) is 0. The van der Waals surface area contributed by atoms with Crippen LogP contribution < -0.4 is 0 Å². The number of hydrogen-bond acceptors (Lipinski definition) is 3. The molecule has 1 aromatic carbocycles. The highest BCUT2D eigenvalue weighted by Crippen LogP contribution is 2.20. The van der Waals surface area contributed by atoms with E-state index in [1.54, 1.807) is 12.1 Å². The summed E-state index contributed by atoms with van der Waals surface area (Å²) in [4.78, 5) is 19.4. The lowest BCUT2D eigenvalue weighted by atomic mass is 10.1. The van der Waals surface area contributed by atoms with Crippen LogP contribution in [0.3, 0.4) is 0 Å². The van der Waals surface area contributed by atoms with Crippen molar-refractivity contribution in [1.29, 1.82) is 0 Å². The molecule has 5 heteroatoms. The minimum absolute atomic E-state index is 0.0133. The largest absolute Gasteiger partial charge is 0.290 e. The topological polar surface area (TPSA) is 42.9 Å². The van der Waals surface area contributed by atoms with Gasteiger partial charge >= 0.3 is 0 Å². The van der Waals surface area contributed by atoms with E-state index in [-0.39, 0.29) is 23.1 Å². The quantitative estimate of drug-likeness (QED) is 0.787. The number of Topliss-reactive ketones (excluding diaryl/α,β-unsaturated/α-hetero) is 1. The zero-order chi connectivity index (χ0) is 12.3. The van der Waals surface area contributed by atoms with Gasteiger partial charge in [0.15, 0.2) is 5.82 Å². The summed E-state index contributed by atoms with van der Waals surface area (Å²) in [6.45, 7) is 0. The molecular weight excluding hydrogens is 243 g/mol. The van der Waals surface area contributed by atoms with Crippen LogP contribution >= 0.6 is 11.6 Å². The molecule has 86 valence electrons. The van der Waals surface area contributed by atoms with Crippen LogP contribution in [0.4, 0.5) is 4.39 Å². The van der Waals surface area contributed by atoms with Gasteiger partial charge in [-0.05, 0) is 17.7 Å². The van der Waals surface area contributed by atoms with Gasteiger partial charge in [0.25, 0.3) is 0 Å². The molecule has 0 aliphatic rings. The molecule has 17 heavy (non-hydrogen) atoms. The minimum Gasteiger partial charge on any atom is -0.290 e.